The monoisotopic (exact) mass is 277 g/mol. The first kappa shape index (κ1) is 14.9. The number of benzene rings is 1. The van der Waals surface area contributed by atoms with E-state index >= 15 is 0 Å². The largest absolute Gasteiger partial charge is 0.311 e. The second-order valence-corrected chi connectivity index (χ2v) is 8.07. The van der Waals surface area contributed by atoms with Crippen LogP contribution in [0.4, 0.5) is 0 Å². The molecule has 0 bridgehead atoms. The highest BCUT2D eigenvalue weighted by molar-refractivity contribution is 8.00. The number of thioether (sulfide) groups is 1. The van der Waals surface area contributed by atoms with Gasteiger partial charge in [0.25, 0.3) is 0 Å². The average molecular weight is 277 g/mol. The molecule has 0 atom stereocenters. The van der Waals surface area contributed by atoms with Gasteiger partial charge in [0.05, 0.1) is 0 Å². The summed E-state index contributed by atoms with van der Waals surface area (Å²) in [5.74, 6) is 0. The number of rotatable bonds is 5. The summed E-state index contributed by atoms with van der Waals surface area (Å²) in [6.07, 6.45) is 6.41. The molecule has 0 radical (unpaired) electrons. The van der Waals surface area contributed by atoms with E-state index in [-0.39, 0.29) is 5.41 Å². The van der Waals surface area contributed by atoms with Crippen molar-refractivity contribution < 1.29 is 0 Å². The molecular weight excluding hydrogens is 250 g/mol. The maximum absolute atomic E-state index is 3.63. The van der Waals surface area contributed by atoms with Gasteiger partial charge in [-0.05, 0) is 35.6 Å². The smallest absolute Gasteiger partial charge is 0.0281 e. The molecule has 0 amide bonds. The molecule has 1 aliphatic rings. The molecule has 0 spiro atoms. The van der Waals surface area contributed by atoms with Gasteiger partial charge in [0.1, 0.15) is 0 Å². The normalized spacial score (nSPS) is 18.1. The summed E-state index contributed by atoms with van der Waals surface area (Å²) in [7, 11) is 0. The Bertz CT molecular complexity index is 393. The van der Waals surface area contributed by atoms with E-state index in [1.54, 1.807) is 0 Å². The van der Waals surface area contributed by atoms with E-state index in [1.807, 2.05) is 11.8 Å². The van der Waals surface area contributed by atoms with Crippen LogP contribution in [0.3, 0.4) is 0 Å². The third-order valence-electron chi connectivity index (χ3n) is 4.29. The first-order valence-corrected chi connectivity index (χ1v) is 8.53. The van der Waals surface area contributed by atoms with Gasteiger partial charge in [-0.2, -0.15) is 11.8 Å². The third kappa shape index (κ3) is 3.76. The van der Waals surface area contributed by atoms with Crippen LogP contribution < -0.4 is 5.32 Å². The Morgan fingerprint density at radius 1 is 1.16 bits per heavy atom. The standard InChI is InChI=1S/C17H27NS/c1-16(2,3)15-8-6-14(7-9-15)12-18-13-17(19-4)10-5-11-17/h6-9,18H,5,10-13H2,1-4H3. The van der Waals surface area contributed by atoms with Gasteiger partial charge < -0.3 is 5.32 Å². The van der Waals surface area contributed by atoms with E-state index in [0.717, 1.165) is 13.1 Å². The number of hydrogen-bond donors (Lipinski definition) is 1. The lowest BCUT2D eigenvalue weighted by molar-refractivity contribution is 0.345. The average Bonchev–Trinajstić information content (AvgIpc) is 2.32. The molecule has 1 nitrogen and oxygen atoms in total. The maximum atomic E-state index is 3.63. The Kier molecular flexibility index (Phi) is 4.62. The molecule has 106 valence electrons. The van der Waals surface area contributed by atoms with Crippen LogP contribution >= 0.6 is 11.8 Å². The molecule has 0 aromatic heterocycles. The lowest BCUT2D eigenvalue weighted by atomic mass is 9.84. The van der Waals surface area contributed by atoms with Gasteiger partial charge in [-0.1, -0.05) is 51.5 Å². The highest BCUT2D eigenvalue weighted by Crippen LogP contribution is 2.42. The Morgan fingerprint density at radius 2 is 1.79 bits per heavy atom. The van der Waals surface area contributed by atoms with Gasteiger partial charge >= 0.3 is 0 Å². The van der Waals surface area contributed by atoms with Crippen LogP contribution in [-0.2, 0) is 12.0 Å². The Balaban J connectivity index is 1.83. The highest BCUT2D eigenvalue weighted by Gasteiger charge is 2.35. The Hall–Kier alpha value is -0.470. The molecule has 0 unspecified atom stereocenters. The van der Waals surface area contributed by atoms with Crippen molar-refractivity contribution in [1.29, 1.82) is 0 Å². The number of hydrogen-bond acceptors (Lipinski definition) is 2. The number of nitrogens with one attached hydrogen (secondary N) is 1. The maximum Gasteiger partial charge on any atom is 0.0281 e. The zero-order valence-electron chi connectivity index (χ0n) is 12.8. The summed E-state index contributed by atoms with van der Waals surface area (Å²) in [6.45, 7) is 8.93. The van der Waals surface area contributed by atoms with Crippen LogP contribution in [0.15, 0.2) is 24.3 Å². The molecule has 1 N–H and O–H groups in total. The van der Waals surface area contributed by atoms with Gasteiger partial charge in [0.15, 0.2) is 0 Å². The second kappa shape index (κ2) is 5.88. The van der Waals surface area contributed by atoms with Gasteiger partial charge in [-0.25, -0.2) is 0 Å². The van der Waals surface area contributed by atoms with Crippen molar-refractivity contribution in [1.82, 2.24) is 5.32 Å². The zero-order valence-corrected chi connectivity index (χ0v) is 13.6. The molecule has 0 aliphatic heterocycles. The molecular formula is C17H27NS. The molecule has 2 rings (SSSR count). The molecule has 0 saturated heterocycles. The van der Waals surface area contributed by atoms with Crippen molar-refractivity contribution in [3.63, 3.8) is 0 Å². The van der Waals surface area contributed by atoms with Crippen molar-refractivity contribution in [2.75, 3.05) is 12.8 Å². The topological polar surface area (TPSA) is 12.0 Å². The first-order chi connectivity index (χ1) is 8.95. The molecule has 1 aliphatic carbocycles. The Morgan fingerprint density at radius 3 is 2.21 bits per heavy atom. The fraction of sp³-hybridized carbons (Fsp3) is 0.647. The van der Waals surface area contributed by atoms with E-state index in [0.29, 0.717) is 4.75 Å². The minimum atomic E-state index is 0.251. The second-order valence-electron chi connectivity index (χ2n) is 6.79. The van der Waals surface area contributed by atoms with E-state index in [9.17, 15) is 0 Å². The summed E-state index contributed by atoms with van der Waals surface area (Å²) in [5, 5.41) is 3.63. The van der Waals surface area contributed by atoms with Crippen LogP contribution in [0.25, 0.3) is 0 Å². The summed E-state index contributed by atoms with van der Waals surface area (Å²) in [5.41, 5.74) is 3.06. The molecule has 1 aromatic carbocycles. The minimum Gasteiger partial charge on any atom is -0.311 e. The van der Waals surface area contributed by atoms with Crippen LogP contribution in [-0.4, -0.2) is 17.5 Å². The van der Waals surface area contributed by atoms with E-state index in [4.69, 9.17) is 0 Å². The summed E-state index contributed by atoms with van der Waals surface area (Å²) < 4.78 is 0.533. The fourth-order valence-corrected chi connectivity index (χ4v) is 3.52. The van der Waals surface area contributed by atoms with Gasteiger partial charge in [-0.3, -0.25) is 0 Å². The molecule has 1 fully saturated rings. The van der Waals surface area contributed by atoms with Crippen molar-refractivity contribution in [2.24, 2.45) is 0 Å². The van der Waals surface area contributed by atoms with Crippen LogP contribution in [0.5, 0.6) is 0 Å². The Labute approximate surface area is 122 Å². The molecule has 1 saturated carbocycles. The van der Waals surface area contributed by atoms with Gasteiger partial charge in [0.2, 0.25) is 0 Å². The van der Waals surface area contributed by atoms with Crippen molar-refractivity contribution in [3.05, 3.63) is 35.4 Å². The third-order valence-corrected chi connectivity index (χ3v) is 5.71. The predicted octanol–water partition coefficient (Wildman–Crippen LogP) is 4.36. The fourth-order valence-electron chi connectivity index (χ4n) is 2.58. The van der Waals surface area contributed by atoms with Crippen molar-refractivity contribution in [2.45, 2.75) is 56.7 Å². The van der Waals surface area contributed by atoms with E-state index in [1.165, 1.54) is 30.4 Å². The van der Waals surface area contributed by atoms with E-state index < -0.39 is 0 Å². The molecule has 0 heterocycles. The molecule has 2 heteroatoms. The van der Waals surface area contributed by atoms with Gasteiger partial charge in [0, 0.05) is 17.8 Å². The SMILES string of the molecule is CSC1(CNCc2ccc(C(C)(C)C)cc2)CCC1. The molecule has 19 heavy (non-hydrogen) atoms. The van der Waals surface area contributed by atoms with Crippen LogP contribution in [0, 0.1) is 0 Å². The summed E-state index contributed by atoms with van der Waals surface area (Å²) >= 11 is 2.04. The lowest BCUT2D eigenvalue weighted by Crippen LogP contribution is -2.43. The van der Waals surface area contributed by atoms with E-state index in [2.05, 4.69) is 56.6 Å². The first-order valence-electron chi connectivity index (χ1n) is 7.31. The zero-order chi connectivity index (χ0) is 13.9. The summed E-state index contributed by atoms with van der Waals surface area (Å²) in [6, 6.07) is 9.07. The predicted molar refractivity (Wildman–Crippen MR) is 86.9 cm³/mol. The van der Waals surface area contributed by atoms with Crippen molar-refractivity contribution >= 4 is 11.8 Å². The summed E-state index contributed by atoms with van der Waals surface area (Å²) in [4.78, 5) is 0. The lowest BCUT2D eigenvalue weighted by Gasteiger charge is -2.40. The van der Waals surface area contributed by atoms with Crippen molar-refractivity contribution in [3.8, 4) is 0 Å². The van der Waals surface area contributed by atoms with Crippen LogP contribution in [0.1, 0.15) is 51.2 Å². The van der Waals surface area contributed by atoms with Crippen LogP contribution in [0.2, 0.25) is 0 Å². The van der Waals surface area contributed by atoms with Gasteiger partial charge in [-0.15, -0.1) is 0 Å². The quantitative estimate of drug-likeness (QED) is 0.858. The molecule has 1 aromatic rings. The minimum absolute atomic E-state index is 0.251. The highest BCUT2D eigenvalue weighted by atomic mass is 32.2.